The van der Waals surface area contributed by atoms with Gasteiger partial charge < -0.3 is 42.1 Å². The quantitative estimate of drug-likeness (QED) is 0.0668. The number of para-hydroxylation sites is 1. The molecule has 2 saturated heterocycles. The van der Waals surface area contributed by atoms with Crippen LogP contribution in [0.3, 0.4) is 0 Å². The van der Waals surface area contributed by atoms with Crippen LogP contribution in [0, 0.1) is 50.4 Å². The van der Waals surface area contributed by atoms with Gasteiger partial charge in [-0.05, 0) is 92.9 Å². The Balaban J connectivity index is 0.970. The number of nitrogens with one attached hydrogen (secondary N) is 5. The lowest BCUT2D eigenvalue weighted by atomic mass is 9.87. The van der Waals surface area contributed by atoms with Crippen molar-refractivity contribution in [3.63, 3.8) is 0 Å². The highest BCUT2D eigenvalue weighted by Crippen LogP contribution is 2.37. The molecule has 6 aromatic rings. The van der Waals surface area contributed by atoms with Crippen molar-refractivity contribution in [1.29, 1.82) is 10.5 Å². The van der Waals surface area contributed by atoms with Gasteiger partial charge in [0.25, 0.3) is 11.8 Å². The van der Waals surface area contributed by atoms with Crippen molar-refractivity contribution in [3.05, 3.63) is 137 Å². The van der Waals surface area contributed by atoms with Crippen molar-refractivity contribution in [3.8, 4) is 12.1 Å². The standard InChI is InChI=1S/C48H48N14O4/c1-30-9-8-12-37(23-30)55-45(65)59-26-47(27-59,17-19-49)61-24-38(41(51)63)42(57-61)53-35-13-15-36(16-14-35)54-44(64)39-25-62(58-43(39)52-34-10-6-5-7-11-34)48(18-20-50)28-60(29-48)46(66)56-40-32(3)21-31(2)22-33(40)4/h5-16,21-25H,17-18,26-29H2,1-4H3,(H2,51,63)(H,52,58)(H,53,57)(H,54,64)(H,55,65)(H,56,66). The number of urea groups is 2. The van der Waals surface area contributed by atoms with Gasteiger partial charge in [-0.2, -0.15) is 20.7 Å². The Hall–Kier alpha value is -8.64. The summed E-state index contributed by atoms with van der Waals surface area (Å²) < 4.78 is 3.13. The molecule has 18 heteroatoms. The van der Waals surface area contributed by atoms with Gasteiger partial charge in [0, 0.05) is 40.8 Å². The zero-order valence-electron chi connectivity index (χ0n) is 36.8. The molecule has 6 amide bonds. The van der Waals surface area contributed by atoms with Crippen LogP contribution in [-0.2, 0) is 11.1 Å². The fourth-order valence-electron chi connectivity index (χ4n) is 8.47. The highest BCUT2D eigenvalue weighted by molar-refractivity contribution is 6.08. The van der Waals surface area contributed by atoms with E-state index in [1.807, 2.05) is 88.4 Å². The smallest absolute Gasteiger partial charge is 0.322 e. The summed E-state index contributed by atoms with van der Waals surface area (Å²) in [6, 6.07) is 31.2. The number of carbonyl (C=O) groups is 4. The van der Waals surface area contributed by atoms with E-state index in [9.17, 15) is 29.7 Å². The van der Waals surface area contributed by atoms with Crippen LogP contribution in [0.2, 0.25) is 0 Å². The number of benzene rings is 4. The molecule has 2 aromatic heterocycles. The second-order valence-electron chi connectivity index (χ2n) is 17.0. The number of rotatable bonds is 13. The number of primary amides is 1. The van der Waals surface area contributed by atoms with Crippen molar-refractivity contribution < 1.29 is 19.2 Å². The number of nitrogens with zero attached hydrogens (tertiary/aromatic N) is 8. The van der Waals surface area contributed by atoms with Gasteiger partial charge in [0.1, 0.15) is 22.2 Å². The summed E-state index contributed by atoms with van der Waals surface area (Å²) in [7, 11) is 0. The molecule has 7 N–H and O–H groups in total. The first-order chi connectivity index (χ1) is 31.7. The number of anilines is 7. The van der Waals surface area contributed by atoms with Crippen molar-refractivity contribution in [1.82, 2.24) is 29.4 Å². The molecule has 0 unspecified atom stereocenters. The summed E-state index contributed by atoms with van der Waals surface area (Å²) >= 11 is 0. The summed E-state index contributed by atoms with van der Waals surface area (Å²) in [6.45, 7) is 8.56. The molecular formula is C48H48N14O4. The zero-order chi connectivity index (χ0) is 46.8. The molecule has 2 aliphatic heterocycles. The Morgan fingerprint density at radius 3 is 1.65 bits per heavy atom. The predicted octanol–water partition coefficient (Wildman–Crippen LogP) is 7.47. The van der Waals surface area contributed by atoms with Crippen molar-refractivity contribution in [2.24, 2.45) is 5.73 Å². The molecule has 4 heterocycles. The number of aromatic nitrogens is 4. The largest absolute Gasteiger partial charge is 0.365 e. The number of hydrogen-bond donors (Lipinski definition) is 6. The molecule has 334 valence electrons. The lowest BCUT2D eigenvalue weighted by Crippen LogP contribution is -2.65. The van der Waals surface area contributed by atoms with Crippen LogP contribution in [-0.4, -0.2) is 79.4 Å². The first-order valence-corrected chi connectivity index (χ1v) is 21.2. The van der Waals surface area contributed by atoms with Gasteiger partial charge in [-0.25, -0.2) is 9.59 Å². The van der Waals surface area contributed by atoms with E-state index in [1.165, 1.54) is 10.9 Å². The van der Waals surface area contributed by atoms with E-state index in [0.717, 1.165) is 27.9 Å². The van der Waals surface area contributed by atoms with Crippen LogP contribution in [0.5, 0.6) is 0 Å². The first kappa shape index (κ1) is 44.0. The summed E-state index contributed by atoms with van der Waals surface area (Å²) in [5, 5.41) is 44.3. The van der Waals surface area contributed by atoms with Crippen molar-refractivity contribution in [2.45, 2.75) is 51.6 Å². The number of carbonyl (C=O) groups excluding carboxylic acids is 4. The molecule has 0 spiro atoms. The van der Waals surface area contributed by atoms with E-state index in [2.05, 4.69) is 43.8 Å². The van der Waals surface area contributed by atoms with Gasteiger partial charge >= 0.3 is 12.1 Å². The van der Waals surface area contributed by atoms with Crippen molar-refractivity contribution in [2.75, 3.05) is 52.8 Å². The monoisotopic (exact) mass is 884 g/mol. The normalized spacial score (nSPS) is 14.4. The molecule has 0 aliphatic carbocycles. The molecule has 2 fully saturated rings. The maximum Gasteiger partial charge on any atom is 0.322 e. The van der Waals surface area contributed by atoms with Crippen LogP contribution < -0.4 is 32.3 Å². The van der Waals surface area contributed by atoms with E-state index in [0.29, 0.717) is 22.7 Å². The molecule has 8 rings (SSSR count). The highest BCUT2D eigenvalue weighted by Gasteiger charge is 2.49. The second kappa shape index (κ2) is 17.9. The minimum atomic E-state index is -0.889. The maximum atomic E-state index is 14.1. The number of likely N-dealkylation sites (tertiary alicyclic amines) is 2. The fourth-order valence-corrected chi connectivity index (χ4v) is 8.47. The summed E-state index contributed by atoms with van der Waals surface area (Å²) in [5.74, 6) is -0.808. The van der Waals surface area contributed by atoms with E-state index < -0.39 is 22.9 Å². The van der Waals surface area contributed by atoms with Gasteiger partial charge in [0.15, 0.2) is 11.6 Å². The minimum Gasteiger partial charge on any atom is -0.365 e. The third kappa shape index (κ3) is 8.93. The zero-order valence-corrected chi connectivity index (χ0v) is 36.8. The predicted molar refractivity (Wildman–Crippen MR) is 250 cm³/mol. The van der Waals surface area contributed by atoms with Crippen LogP contribution in [0.1, 0.15) is 55.8 Å². The molecule has 18 nitrogen and oxygen atoms in total. The Morgan fingerprint density at radius 1 is 0.606 bits per heavy atom. The molecule has 0 atom stereocenters. The van der Waals surface area contributed by atoms with E-state index in [-0.39, 0.29) is 73.8 Å². The van der Waals surface area contributed by atoms with E-state index in [1.54, 1.807) is 51.0 Å². The van der Waals surface area contributed by atoms with Gasteiger partial charge in [-0.1, -0.05) is 48.0 Å². The SMILES string of the molecule is Cc1cccc(NC(=O)N2CC(CC#N)(n3cc(C(N)=O)c(Nc4ccc(NC(=O)c5cn(C6(CC#N)CN(C(=O)Nc7c(C)cc(C)cc7C)C6)nc5Nc5ccccc5)cc4)n3)C2)c1. The van der Waals surface area contributed by atoms with Crippen LogP contribution in [0.4, 0.5) is 49.7 Å². The fraction of sp³-hybridized carbons (Fsp3) is 0.250. The Kier molecular flexibility index (Phi) is 11.9. The Morgan fingerprint density at radius 2 is 1.11 bits per heavy atom. The van der Waals surface area contributed by atoms with Gasteiger partial charge in [0.2, 0.25) is 0 Å². The molecular weight excluding hydrogens is 837 g/mol. The molecule has 0 radical (unpaired) electrons. The molecule has 66 heavy (non-hydrogen) atoms. The summed E-state index contributed by atoms with van der Waals surface area (Å²) in [4.78, 5) is 56.4. The third-order valence-electron chi connectivity index (χ3n) is 11.9. The summed E-state index contributed by atoms with van der Waals surface area (Å²) in [6.07, 6.45) is 3.15. The van der Waals surface area contributed by atoms with Gasteiger partial charge in [0.05, 0.1) is 51.2 Å². The van der Waals surface area contributed by atoms with Crippen molar-refractivity contribution >= 4 is 63.9 Å². The van der Waals surface area contributed by atoms with Crippen LogP contribution in [0.25, 0.3) is 0 Å². The average molecular weight is 885 g/mol. The van der Waals surface area contributed by atoms with E-state index >= 15 is 0 Å². The average Bonchev–Trinajstić information content (AvgIpc) is 3.88. The Labute approximate surface area is 381 Å². The number of amides is 6. The van der Waals surface area contributed by atoms with Gasteiger partial charge in [-0.15, -0.1) is 0 Å². The van der Waals surface area contributed by atoms with Crippen LogP contribution >= 0.6 is 0 Å². The molecule has 4 aromatic carbocycles. The second-order valence-corrected chi connectivity index (χ2v) is 17.0. The highest BCUT2D eigenvalue weighted by atomic mass is 16.2. The topological polar surface area (TPSA) is 244 Å². The lowest BCUT2D eigenvalue weighted by Gasteiger charge is -2.48. The molecule has 0 saturated carbocycles. The van der Waals surface area contributed by atoms with Crippen LogP contribution in [0.15, 0.2) is 103 Å². The lowest BCUT2D eigenvalue weighted by molar-refractivity contribution is 0.0401. The minimum absolute atomic E-state index is 0.0271. The number of aryl methyl sites for hydroxylation is 4. The van der Waals surface area contributed by atoms with Gasteiger partial charge in [-0.3, -0.25) is 19.0 Å². The number of nitriles is 2. The first-order valence-electron chi connectivity index (χ1n) is 21.2. The number of hydrogen-bond acceptors (Lipinski definition) is 10. The number of nitrogens with two attached hydrogens (primary N) is 1. The molecule has 0 bridgehead atoms. The third-order valence-corrected chi connectivity index (χ3v) is 11.9. The van der Waals surface area contributed by atoms with E-state index in [4.69, 9.17) is 10.8 Å². The maximum absolute atomic E-state index is 14.1. The molecule has 2 aliphatic rings. The Bertz CT molecular complexity index is 2910. The summed E-state index contributed by atoms with van der Waals surface area (Å²) in [5.41, 5.74) is 11.3.